The van der Waals surface area contributed by atoms with Crippen LogP contribution in [-0.2, 0) is 0 Å². The summed E-state index contributed by atoms with van der Waals surface area (Å²) in [7, 11) is 0. The Labute approximate surface area is 104 Å². The molecule has 0 fully saturated rings. The number of rotatable bonds is 3. The molecule has 0 aliphatic heterocycles. The third kappa shape index (κ3) is 2.22. The van der Waals surface area contributed by atoms with Crippen LogP contribution in [0.3, 0.4) is 0 Å². The van der Waals surface area contributed by atoms with Gasteiger partial charge in [-0.15, -0.1) is 11.6 Å². The van der Waals surface area contributed by atoms with E-state index in [1.54, 1.807) is 24.3 Å². The van der Waals surface area contributed by atoms with Crippen molar-refractivity contribution in [2.24, 2.45) is 0 Å². The quantitative estimate of drug-likeness (QED) is 0.734. The maximum Gasteiger partial charge on any atom is 0.123 e. The highest BCUT2D eigenvalue weighted by Gasteiger charge is 2.20. The molecule has 0 saturated carbocycles. The lowest BCUT2D eigenvalue weighted by molar-refractivity contribution is 0.0336. The van der Waals surface area contributed by atoms with E-state index >= 15 is 0 Å². The van der Waals surface area contributed by atoms with Gasteiger partial charge in [-0.3, -0.25) is 0 Å². The van der Waals surface area contributed by atoms with E-state index in [2.05, 4.69) is 0 Å². The summed E-state index contributed by atoms with van der Waals surface area (Å²) in [6.45, 7) is 0. The molecule has 2 atom stereocenters. The molecule has 0 radical (unpaired) electrons. The minimum atomic E-state index is -1.06. The number of aromatic hydroxyl groups is 1. The minimum Gasteiger partial charge on any atom is -0.507 e. The molecule has 2 aromatic rings. The molecule has 3 nitrogen and oxygen atoms in total. The highest BCUT2D eigenvalue weighted by Crippen LogP contribution is 2.32. The summed E-state index contributed by atoms with van der Waals surface area (Å²) in [5.41, 5.74) is 0.562. The predicted molar refractivity (Wildman–Crippen MR) is 67.3 cm³/mol. The molecule has 0 spiro atoms. The van der Waals surface area contributed by atoms with Crippen molar-refractivity contribution in [1.82, 2.24) is 0 Å². The predicted octanol–water partition coefficient (Wildman–Crippen LogP) is 2.18. The highest BCUT2D eigenvalue weighted by atomic mass is 35.5. The summed E-state index contributed by atoms with van der Waals surface area (Å²) in [6, 6.07) is 10.3. The van der Waals surface area contributed by atoms with Crippen LogP contribution in [0, 0.1) is 0 Å². The second-order valence-corrected chi connectivity index (χ2v) is 4.19. The number of hydrogen-bond donors (Lipinski definition) is 3. The van der Waals surface area contributed by atoms with Gasteiger partial charge in [0.05, 0.1) is 12.0 Å². The molecule has 0 saturated heterocycles. The van der Waals surface area contributed by atoms with Gasteiger partial charge in [-0.25, -0.2) is 0 Å². The van der Waals surface area contributed by atoms with E-state index in [0.717, 1.165) is 0 Å². The van der Waals surface area contributed by atoms with Gasteiger partial charge in [-0.2, -0.15) is 0 Å². The van der Waals surface area contributed by atoms with E-state index in [4.69, 9.17) is 11.6 Å². The molecular weight excluding hydrogens is 240 g/mol. The third-order valence-electron chi connectivity index (χ3n) is 2.78. The topological polar surface area (TPSA) is 60.7 Å². The number of hydrogen-bond acceptors (Lipinski definition) is 3. The number of aliphatic hydroxyl groups is 2. The van der Waals surface area contributed by atoms with E-state index in [-0.39, 0.29) is 11.6 Å². The molecule has 2 aromatic carbocycles. The molecule has 2 rings (SSSR count). The molecule has 4 heteroatoms. The molecule has 17 heavy (non-hydrogen) atoms. The molecule has 90 valence electrons. The Morgan fingerprint density at radius 3 is 2.29 bits per heavy atom. The van der Waals surface area contributed by atoms with E-state index in [1.807, 2.05) is 6.07 Å². The molecule has 0 aliphatic carbocycles. The monoisotopic (exact) mass is 252 g/mol. The van der Waals surface area contributed by atoms with E-state index in [9.17, 15) is 15.3 Å². The van der Waals surface area contributed by atoms with E-state index in [1.165, 1.54) is 6.07 Å². The van der Waals surface area contributed by atoms with Gasteiger partial charge >= 0.3 is 0 Å². The van der Waals surface area contributed by atoms with Gasteiger partial charge in [0.15, 0.2) is 0 Å². The average molecular weight is 253 g/mol. The third-order valence-corrected chi connectivity index (χ3v) is 3.09. The molecule has 0 heterocycles. The zero-order chi connectivity index (χ0) is 12.4. The molecule has 0 aliphatic rings. The Balaban J connectivity index is 2.59. The van der Waals surface area contributed by atoms with Gasteiger partial charge in [-0.1, -0.05) is 30.3 Å². The first kappa shape index (κ1) is 12.2. The first-order valence-electron chi connectivity index (χ1n) is 5.28. The summed E-state index contributed by atoms with van der Waals surface area (Å²) in [5.74, 6) is 0.105. The summed E-state index contributed by atoms with van der Waals surface area (Å²) in [5, 5.41) is 30.6. The van der Waals surface area contributed by atoms with E-state index in [0.29, 0.717) is 16.3 Å². The number of halogens is 1. The van der Waals surface area contributed by atoms with Crippen LogP contribution in [0.15, 0.2) is 36.4 Å². The summed E-state index contributed by atoms with van der Waals surface area (Å²) >= 11 is 5.52. The second kappa shape index (κ2) is 4.92. The van der Waals surface area contributed by atoms with Crippen LogP contribution in [0.2, 0.25) is 0 Å². The second-order valence-electron chi connectivity index (χ2n) is 3.89. The van der Waals surface area contributed by atoms with Gasteiger partial charge < -0.3 is 15.3 Å². The zero-order valence-electron chi connectivity index (χ0n) is 9.05. The van der Waals surface area contributed by atoms with Gasteiger partial charge in [0.2, 0.25) is 0 Å². The Kier molecular flexibility index (Phi) is 3.52. The van der Waals surface area contributed by atoms with Crippen LogP contribution in [0.5, 0.6) is 5.75 Å². The Bertz CT molecular complexity index is 527. The van der Waals surface area contributed by atoms with Crippen molar-refractivity contribution in [3.8, 4) is 5.75 Å². The maximum absolute atomic E-state index is 9.96. The maximum atomic E-state index is 9.96. The lowest BCUT2D eigenvalue weighted by atomic mass is 9.97. The molecule has 0 bridgehead atoms. The smallest absolute Gasteiger partial charge is 0.123 e. The van der Waals surface area contributed by atoms with Crippen molar-refractivity contribution in [1.29, 1.82) is 0 Å². The Morgan fingerprint density at radius 2 is 1.65 bits per heavy atom. The fourth-order valence-electron chi connectivity index (χ4n) is 1.86. The standard InChI is InChI=1S/C13H13ClO3/c14-7-12(16)13(17)10-5-6-11(15)9-4-2-1-3-8(9)10/h1-6,12-13,15-17H,7H2. The molecular formula is C13H13ClO3. The number of phenolic OH excluding ortho intramolecular Hbond substituents is 1. The molecule has 3 N–H and O–H groups in total. The number of benzene rings is 2. The summed E-state index contributed by atoms with van der Waals surface area (Å²) < 4.78 is 0. The molecule has 0 amide bonds. The summed E-state index contributed by atoms with van der Waals surface area (Å²) in [6.07, 6.45) is -2.08. The van der Waals surface area contributed by atoms with Crippen LogP contribution in [-0.4, -0.2) is 27.3 Å². The number of fused-ring (bicyclic) bond motifs is 1. The first-order chi connectivity index (χ1) is 8.15. The van der Waals surface area contributed by atoms with Crippen molar-refractivity contribution in [3.63, 3.8) is 0 Å². The SMILES string of the molecule is Oc1ccc(C(O)C(O)CCl)c2ccccc12. The van der Waals surface area contributed by atoms with Crippen LogP contribution < -0.4 is 0 Å². The Morgan fingerprint density at radius 1 is 1.00 bits per heavy atom. The first-order valence-corrected chi connectivity index (χ1v) is 5.81. The zero-order valence-corrected chi connectivity index (χ0v) is 9.80. The molecule has 2 unspecified atom stereocenters. The van der Waals surface area contributed by atoms with Crippen molar-refractivity contribution in [3.05, 3.63) is 42.0 Å². The molecule has 0 aromatic heterocycles. The van der Waals surface area contributed by atoms with Crippen molar-refractivity contribution in [2.75, 3.05) is 5.88 Å². The largest absolute Gasteiger partial charge is 0.507 e. The fraction of sp³-hybridized carbons (Fsp3) is 0.231. The average Bonchev–Trinajstić information content (AvgIpc) is 2.38. The van der Waals surface area contributed by atoms with Gasteiger partial charge in [0.1, 0.15) is 11.9 Å². The van der Waals surface area contributed by atoms with Crippen LogP contribution in [0.1, 0.15) is 11.7 Å². The Hall–Kier alpha value is -1.29. The lowest BCUT2D eigenvalue weighted by Crippen LogP contribution is -2.19. The number of alkyl halides is 1. The van der Waals surface area contributed by atoms with Gasteiger partial charge in [0, 0.05) is 5.39 Å². The summed E-state index contributed by atoms with van der Waals surface area (Å²) in [4.78, 5) is 0. The number of aliphatic hydroxyl groups excluding tert-OH is 2. The van der Waals surface area contributed by atoms with Crippen LogP contribution in [0.4, 0.5) is 0 Å². The van der Waals surface area contributed by atoms with Crippen LogP contribution >= 0.6 is 11.6 Å². The van der Waals surface area contributed by atoms with Crippen molar-refractivity contribution >= 4 is 22.4 Å². The van der Waals surface area contributed by atoms with Crippen LogP contribution in [0.25, 0.3) is 10.8 Å². The van der Waals surface area contributed by atoms with Crippen molar-refractivity contribution < 1.29 is 15.3 Å². The normalized spacial score (nSPS) is 14.8. The highest BCUT2D eigenvalue weighted by molar-refractivity contribution is 6.18. The van der Waals surface area contributed by atoms with E-state index < -0.39 is 12.2 Å². The van der Waals surface area contributed by atoms with Gasteiger partial charge in [-0.05, 0) is 17.0 Å². The number of phenols is 1. The minimum absolute atomic E-state index is 0.0453. The fourth-order valence-corrected chi connectivity index (χ4v) is 2.02. The lowest BCUT2D eigenvalue weighted by Gasteiger charge is -2.18. The van der Waals surface area contributed by atoms with Crippen molar-refractivity contribution in [2.45, 2.75) is 12.2 Å². The van der Waals surface area contributed by atoms with Gasteiger partial charge in [0.25, 0.3) is 0 Å².